The van der Waals surface area contributed by atoms with Crippen molar-refractivity contribution in [2.75, 3.05) is 26.7 Å². The molecule has 1 aliphatic rings. The van der Waals surface area contributed by atoms with Crippen LogP contribution in [0.3, 0.4) is 0 Å². The van der Waals surface area contributed by atoms with Gasteiger partial charge in [0, 0.05) is 25.2 Å². The van der Waals surface area contributed by atoms with Gasteiger partial charge >= 0.3 is 0 Å². The van der Waals surface area contributed by atoms with Crippen molar-refractivity contribution in [3.05, 3.63) is 0 Å². The number of carbonyl (C=O) groups excluding carboxylic acids is 1. The Balaban J connectivity index is 2.64. The highest BCUT2D eigenvalue weighted by Gasteiger charge is 2.34. The lowest BCUT2D eigenvalue weighted by Crippen LogP contribution is -2.61. The fraction of sp³-hybridized carbons (Fsp3) is 0.900. The zero-order valence-corrected chi connectivity index (χ0v) is 9.58. The molecule has 4 heteroatoms. The van der Waals surface area contributed by atoms with Crippen LogP contribution in [0.5, 0.6) is 0 Å². The van der Waals surface area contributed by atoms with Crippen LogP contribution < -0.4 is 5.73 Å². The first-order valence-electron chi connectivity index (χ1n) is 5.09. The molecule has 1 saturated heterocycles. The SMILES string of the molecule is CC(C(N)=O)N1CCN(C)C(C)(C)C1. The smallest absolute Gasteiger partial charge is 0.234 e. The van der Waals surface area contributed by atoms with Crippen molar-refractivity contribution in [3.63, 3.8) is 0 Å². The minimum atomic E-state index is -0.231. The van der Waals surface area contributed by atoms with Gasteiger partial charge in [0.05, 0.1) is 6.04 Å². The van der Waals surface area contributed by atoms with E-state index in [9.17, 15) is 4.79 Å². The summed E-state index contributed by atoms with van der Waals surface area (Å²) in [6.07, 6.45) is 0. The Morgan fingerprint density at radius 3 is 2.43 bits per heavy atom. The number of likely N-dealkylation sites (N-methyl/N-ethyl adjacent to an activating group) is 1. The van der Waals surface area contributed by atoms with Crippen LogP contribution in [0.15, 0.2) is 0 Å². The Hall–Kier alpha value is -0.610. The number of piperazine rings is 1. The summed E-state index contributed by atoms with van der Waals surface area (Å²) < 4.78 is 0. The van der Waals surface area contributed by atoms with Gasteiger partial charge in [-0.05, 0) is 27.8 Å². The quantitative estimate of drug-likeness (QED) is 0.675. The normalized spacial score (nSPS) is 26.0. The lowest BCUT2D eigenvalue weighted by atomic mass is 9.98. The molecule has 1 fully saturated rings. The van der Waals surface area contributed by atoms with Crippen LogP contribution >= 0.6 is 0 Å². The predicted octanol–water partition coefficient (Wildman–Crippen LogP) is -0.114. The number of amides is 1. The first kappa shape index (κ1) is 11.5. The van der Waals surface area contributed by atoms with Crippen LogP contribution in [-0.4, -0.2) is 54.0 Å². The van der Waals surface area contributed by atoms with E-state index < -0.39 is 0 Å². The number of hydrogen-bond donors (Lipinski definition) is 1. The van der Waals surface area contributed by atoms with E-state index in [0.717, 1.165) is 19.6 Å². The molecular weight excluding hydrogens is 178 g/mol. The van der Waals surface area contributed by atoms with Gasteiger partial charge in [-0.15, -0.1) is 0 Å². The first-order chi connectivity index (χ1) is 6.34. The monoisotopic (exact) mass is 199 g/mol. The van der Waals surface area contributed by atoms with E-state index in [1.165, 1.54) is 0 Å². The summed E-state index contributed by atoms with van der Waals surface area (Å²) in [6, 6.07) is -0.150. The Morgan fingerprint density at radius 2 is 2.00 bits per heavy atom. The van der Waals surface area contributed by atoms with Crippen molar-refractivity contribution >= 4 is 5.91 Å². The van der Waals surface area contributed by atoms with Crippen molar-refractivity contribution in [2.24, 2.45) is 5.73 Å². The van der Waals surface area contributed by atoms with E-state index in [1.54, 1.807) is 0 Å². The molecule has 0 bridgehead atoms. The molecule has 14 heavy (non-hydrogen) atoms. The van der Waals surface area contributed by atoms with Gasteiger partial charge in [0.25, 0.3) is 0 Å². The van der Waals surface area contributed by atoms with Crippen molar-refractivity contribution in [1.29, 1.82) is 0 Å². The molecule has 1 unspecified atom stereocenters. The van der Waals surface area contributed by atoms with E-state index in [-0.39, 0.29) is 17.5 Å². The minimum absolute atomic E-state index is 0.127. The van der Waals surface area contributed by atoms with Crippen LogP contribution in [0.1, 0.15) is 20.8 Å². The molecule has 1 atom stereocenters. The molecule has 82 valence electrons. The largest absolute Gasteiger partial charge is 0.368 e. The predicted molar refractivity (Wildman–Crippen MR) is 56.9 cm³/mol. The number of primary amides is 1. The maximum absolute atomic E-state index is 11.1. The standard InChI is InChI=1S/C10H21N3O/c1-8(9(11)14)13-6-5-12(4)10(2,3)7-13/h8H,5-7H2,1-4H3,(H2,11,14). The second-order valence-electron chi connectivity index (χ2n) is 4.78. The fourth-order valence-corrected chi connectivity index (χ4v) is 1.79. The lowest BCUT2D eigenvalue weighted by molar-refractivity contribution is -0.124. The third-order valence-corrected chi connectivity index (χ3v) is 3.31. The Morgan fingerprint density at radius 1 is 1.43 bits per heavy atom. The van der Waals surface area contributed by atoms with Crippen LogP contribution in [0.4, 0.5) is 0 Å². The maximum Gasteiger partial charge on any atom is 0.234 e. The highest BCUT2D eigenvalue weighted by Crippen LogP contribution is 2.20. The molecule has 0 spiro atoms. The molecular formula is C10H21N3O. The van der Waals surface area contributed by atoms with Gasteiger partial charge in [0.15, 0.2) is 0 Å². The summed E-state index contributed by atoms with van der Waals surface area (Å²) in [6.45, 7) is 9.06. The molecule has 0 aromatic rings. The van der Waals surface area contributed by atoms with Gasteiger partial charge in [-0.3, -0.25) is 14.6 Å². The third kappa shape index (κ3) is 2.25. The molecule has 1 aliphatic heterocycles. The molecule has 2 N–H and O–H groups in total. The van der Waals surface area contributed by atoms with Crippen molar-refractivity contribution in [2.45, 2.75) is 32.4 Å². The van der Waals surface area contributed by atoms with Gasteiger partial charge < -0.3 is 5.73 Å². The first-order valence-corrected chi connectivity index (χ1v) is 5.09. The molecule has 1 amide bonds. The summed E-state index contributed by atoms with van der Waals surface area (Å²) >= 11 is 0. The highest BCUT2D eigenvalue weighted by atomic mass is 16.1. The number of rotatable bonds is 2. The second kappa shape index (κ2) is 3.87. The highest BCUT2D eigenvalue weighted by molar-refractivity contribution is 5.79. The van der Waals surface area contributed by atoms with Gasteiger partial charge in [-0.2, -0.15) is 0 Å². The van der Waals surface area contributed by atoms with Crippen LogP contribution in [0.25, 0.3) is 0 Å². The van der Waals surface area contributed by atoms with Crippen LogP contribution in [0, 0.1) is 0 Å². The van der Waals surface area contributed by atoms with Crippen LogP contribution in [0.2, 0.25) is 0 Å². The summed E-state index contributed by atoms with van der Waals surface area (Å²) in [7, 11) is 2.12. The molecule has 0 saturated carbocycles. The summed E-state index contributed by atoms with van der Waals surface area (Å²) in [4.78, 5) is 15.5. The average Bonchev–Trinajstić information content (AvgIpc) is 2.08. The van der Waals surface area contributed by atoms with E-state index >= 15 is 0 Å². The van der Waals surface area contributed by atoms with Crippen LogP contribution in [-0.2, 0) is 4.79 Å². The fourth-order valence-electron chi connectivity index (χ4n) is 1.79. The second-order valence-corrected chi connectivity index (χ2v) is 4.78. The number of nitrogens with two attached hydrogens (primary N) is 1. The number of carbonyl (C=O) groups is 1. The summed E-state index contributed by atoms with van der Waals surface area (Å²) in [5.74, 6) is -0.231. The number of hydrogen-bond acceptors (Lipinski definition) is 3. The van der Waals surface area contributed by atoms with E-state index in [4.69, 9.17) is 5.73 Å². The zero-order chi connectivity index (χ0) is 10.9. The van der Waals surface area contributed by atoms with Crippen molar-refractivity contribution in [3.8, 4) is 0 Å². The van der Waals surface area contributed by atoms with Gasteiger partial charge in [0.1, 0.15) is 0 Å². The van der Waals surface area contributed by atoms with E-state index in [1.807, 2.05) is 6.92 Å². The zero-order valence-electron chi connectivity index (χ0n) is 9.58. The Kier molecular flexibility index (Phi) is 3.17. The Bertz CT molecular complexity index is 227. The van der Waals surface area contributed by atoms with Gasteiger partial charge in [0.2, 0.25) is 5.91 Å². The van der Waals surface area contributed by atoms with E-state index in [2.05, 4.69) is 30.7 Å². The maximum atomic E-state index is 11.1. The molecule has 0 aliphatic carbocycles. The van der Waals surface area contributed by atoms with Gasteiger partial charge in [-0.1, -0.05) is 0 Å². The van der Waals surface area contributed by atoms with Crippen molar-refractivity contribution in [1.82, 2.24) is 9.80 Å². The minimum Gasteiger partial charge on any atom is -0.368 e. The lowest BCUT2D eigenvalue weighted by Gasteiger charge is -2.46. The van der Waals surface area contributed by atoms with E-state index in [0.29, 0.717) is 0 Å². The molecule has 1 rings (SSSR count). The molecule has 1 heterocycles. The molecule has 0 radical (unpaired) electrons. The third-order valence-electron chi connectivity index (χ3n) is 3.31. The average molecular weight is 199 g/mol. The Labute approximate surface area is 86.0 Å². The molecule has 0 aromatic heterocycles. The van der Waals surface area contributed by atoms with Crippen molar-refractivity contribution < 1.29 is 4.79 Å². The topological polar surface area (TPSA) is 49.6 Å². The number of nitrogens with zero attached hydrogens (tertiary/aromatic N) is 2. The molecule has 0 aromatic carbocycles. The van der Waals surface area contributed by atoms with Gasteiger partial charge in [-0.25, -0.2) is 0 Å². The summed E-state index contributed by atoms with van der Waals surface area (Å²) in [5, 5.41) is 0. The molecule has 4 nitrogen and oxygen atoms in total. The summed E-state index contributed by atoms with van der Waals surface area (Å²) in [5.41, 5.74) is 5.42.